The van der Waals surface area contributed by atoms with Gasteiger partial charge in [0, 0.05) is 13.1 Å². The first-order valence-corrected chi connectivity index (χ1v) is 7.33. The van der Waals surface area contributed by atoms with E-state index < -0.39 is 5.41 Å². The monoisotopic (exact) mass is 273 g/mol. The Hall–Kier alpha value is -1.61. The van der Waals surface area contributed by atoms with E-state index in [0.717, 1.165) is 25.1 Å². The first-order valence-electron chi connectivity index (χ1n) is 7.33. The topological polar surface area (TPSA) is 40.5 Å². The Bertz CT molecular complexity index is 479. The highest BCUT2D eigenvalue weighted by atomic mass is 16.2. The van der Waals surface area contributed by atoms with Gasteiger partial charge < -0.3 is 10.0 Å². The quantitative estimate of drug-likeness (QED) is 0.808. The molecule has 1 aromatic rings. The van der Waals surface area contributed by atoms with Gasteiger partial charge in [-0.2, -0.15) is 0 Å². The van der Waals surface area contributed by atoms with Gasteiger partial charge in [-0.25, -0.2) is 0 Å². The predicted molar refractivity (Wildman–Crippen MR) is 80.4 cm³/mol. The SMILES string of the molecule is CCN(CC)C(=O)[C@@]1(c2ccccc2)C[C@H]1/C=C/CO. The maximum atomic E-state index is 12.9. The van der Waals surface area contributed by atoms with Gasteiger partial charge in [0.15, 0.2) is 0 Å². The van der Waals surface area contributed by atoms with E-state index in [0.29, 0.717) is 0 Å². The van der Waals surface area contributed by atoms with E-state index >= 15 is 0 Å². The van der Waals surface area contributed by atoms with Crippen LogP contribution in [0, 0.1) is 5.92 Å². The van der Waals surface area contributed by atoms with Crippen LogP contribution in [0.4, 0.5) is 0 Å². The molecular formula is C17H23NO2. The minimum Gasteiger partial charge on any atom is -0.392 e. The lowest BCUT2D eigenvalue weighted by atomic mass is 9.91. The summed E-state index contributed by atoms with van der Waals surface area (Å²) in [6.45, 7) is 5.53. The van der Waals surface area contributed by atoms with Crippen molar-refractivity contribution in [2.75, 3.05) is 19.7 Å². The van der Waals surface area contributed by atoms with Gasteiger partial charge in [0.25, 0.3) is 0 Å². The third-order valence-corrected chi connectivity index (χ3v) is 4.21. The van der Waals surface area contributed by atoms with Crippen LogP contribution in [0.5, 0.6) is 0 Å². The van der Waals surface area contributed by atoms with Gasteiger partial charge in [-0.1, -0.05) is 42.5 Å². The highest BCUT2D eigenvalue weighted by Gasteiger charge is 2.60. The van der Waals surface area contributed by atoms with Crippen LogP contribution in [0.1, 0.15) is 25.8 Å². The Morgan fingerprint density at radius 3 is 2.55 bits per heavy atom. The summed E-state index contributed by atoms with van der Waals surface area (Å²) in [5, 5.41) is 8.94. The molecule has 3 nitrogen and oxygen atoms in total. The molecule has 2 rings (SSSR count). The van der Waals surface area contributed by atoms with E-state index in [1.54, 1.807) is 6.08 Å². The lowest BCUT2D eigenvalue weighted by molar-refractivity contribution is -0.133. The van der Waals surface area contributed by atoms with E-state index in [-0.39, 0.29) is 18.4 Å². The number of rotatable bonds is 6. The zero-order valence-corrected chi connectivity index (χ0v) is 12.2. The van der Waals surface area contributed by atoms with Gasteiger partial charge in [-0.15, -0.1) is 0 Å². The second-order valence-corrected chi connectivity index (χ2v) is 5.24. The number of carbonyl (C=O) groups excluding carboxylic acids is 1. The van der Waals surface area contributed by atoms with Gasteiger partial charge >= 0.3 is 0 Å². The summed E-state index contributed by atoms with van der Waals surface area (Å²) in [6.07, 6.45) is 4.56. The summed E-state index contributed by atoms with van der Waals surface area (Å²) in [6, 6.07) is 10.0. The molecular weight excluding hydrogens is 250 g/mol. The average molecular weight is 273 g/mol. The Kier molecular flexibility index (Phi) is 4.61. The molecule has 20 heavy (non-hydrogen) atoms. The maximum Gasteiger partial charge on any atom is 0.233 e. The predicted octanol–water partition coefficient (Wildman–Crippen LogP) is 2.36. The van der Waals surface area contributed by atoms with E-state index in [1.165, 1.54) is 0 Å². The fourth-order valence-corrected chi connectivity index (χ4v) is 2.98. The fourth-order valence-electron chi connectivity index (χ4n) is 2.98. The summed E-state index contributed by atoms with van der Waals surface area (Å²) in [5.74, 6) is 0.409. The number of aliphatic hydroxyl groups excluding tert-OH is 1. The third-order valence-electron chi connectivity index (χ3n) is 4.21. The Morgan fingerprint density at radius 1 is 1.35 bits per heavy atom. The van der Waals surface area contributed by atoms with Gasteiger partial charge in [-0.3, -0.25) is 4.79 Å². The largest absolute Gasteiger partial charge is 0.392 e. The van der Waals surface area contributed by atoms with E-state index in [1.807, 2.05) is 55.2 Å². The number of allylic oxidation sites excluding steroid dienone is 1. The Labute approximate surface area is 120 Å². The molecule has 0 radical (unpaired) electrons. The van der Waals surface area contributed by atoms with Crippen LogP contribution in [0.15, 0.2) is 42.5 Å². The van der Waals surface area contributed by atoms with Crippen LogP contribution in [0.25, 0.3) is 0 Å². The molecule has 1 aromatic carbocycles. The number of carbonyl (C=O) groups is 1. The van der Waals surface area contributed by atoms with Crippen LogP contribution in [0.3, 0.4) is 0 Å². The highest BCUT2D eigenvalue weighted by molar-refractivity contribution is 5.92. The molecule has 0 unspecified atom stereocenters. The molecule has 1 amide bonds. The second-order valence-electron chi connectivity index (χ2n) is 5.24. The molecule has 1 fully saturated rings. The summed E-state index contributed by atoms with van der Waals surface area (Å²) >= 11 is 0. The zero-order chi connectivity index (χ0) is 14.6. The van der Waals surface area contributed by atoms with E-state index in [4.69, 9.17) is 5.11 Å². The zero-order valence-electron chi connectivity index (χ0n) is 12.2. The Morgan fingerprint density at radius 2 is 2.00 bits per heavy atom. The number of aliphatic hydroxyl groups is 1. The molecule has 0 spiro atoms. The van der Waals surface area contributed by atoms with Crippen molar-refractivity contribution in [2.24, 2.45) is 5.92 Å². The second kappa shape index (κ2) is 6.23. The van der Waals surface area contributed by atoms with Crippen LogP contribution in [-0.4, -0.2) is 35.6 Å². The van der Waals surface area contributed by atoms with Crippen LogP contribution in [-0.2, 0) is 10.2 Å². The van der Waals surface area contributed by atoms with Crippen molar-refractivity contribution < 1.29 is 9.90 Å². The standard InChI is InChI=1S/C17H23NO2/c1-3-18(4-2)16(20)17(13-15(17)11-8-12-19)14-9-6-5-7-10-14/h5-11,15,19H,3-4,12-13H2,1-2H3/b11-8+/t15-,17-/m1/s1. The van der Waals surface area contributed by atoms with Crippen LogP contribution in [0.2, 0.25) is 0 Å². The molecule has 1 aliphatic rings. The smallest absolute Gasteiger partial charge is 0.233 e. The number of nitrogens with zero attached hydrogens (tertiary/aromatic N) is 1. The molecule has 0 heterocycles. The molecule has 1 N–H and O–H groups in total. The molecule has 108 valence electrons. The lowest BCUT2D eigenvalue weighted by Gasteiger charge is -2.26. The molecule has 1 aliphatic carbocycles. The highest BCUT2D eigenvalue weighted by Crippen LogP contribution is 2.56. The number of amides is 1. The van der Waals surface area contributed by atoms with Crippen molar-refractivity contribution in [3.05, 3.63) is 48.0 Å². The van der Waals surface area contributed by atoms with Crippen LogP contribution >= 0.6 is 0 Å². The van der Waals surface area contributed by atoms with Gasteiger partial charge in [0.05, 0.1) is 12.0 Å². The molecule has 0 saturated heterocycles. The molecule has 0 bridgehead atoms. The molecule has 2 atom stereocenters. The number of hydrogen-bond donors (Lipinski definition) is 1. The maximum absolute atomic E-state index is 12.9. The normalized spacial score (nSPS) is 24.9. The number of benzene rings is 1. The first kappa shape index (κ1) is 14.8. The Balaban J connectivity index is 2.33. The van der Waals surface area contributed by atoms with Crippen molar-refractivity contribution >= 4 is 5.91 Å². The van der Waals surface area contributed by atoms with Crippen molar-refractivity contribution in [2.45, 2.75) is 25.7 Å². The first-order chi connectivity index (χ1) is 9.70. The van der Waals surface area contributed by atoms with Crippen molar-refractivity contribution in [3.8, 4) is 0 Å². The van der Waals surface area contributed by atoms with E-state index in [9.17, 15) is 4.79 Å². The van der Waals surface area contributed by atoms with E-state index in [2.05, 4.69) is 0 Å². The molecule has 1 saturated carbocycles. The van der Waals surface area contributed by atoms with Gasteiger partial charge in [0.2, 0.25) is 5.91 Å². The fraction of sp³-hybridized carbons (Fsp3) is 0.471. The van der Waals surface area contributed by atoms with Crippen LogP contribution < -0.4 is 0 Å². The molecule has 0 aromatic heterocycles. The molecule has 3 heteroatoms. The summed E-state index contributed by atoms with van der Waals surface area (Å²) in [5.41, 5.74) is 0.670. The van der Waals surface area contributed by atoms with Gasteiger partial charge in [0.1, 0.15) is 0 Å². The summed E-state index contributed by atoms with van der Waals surface area (Å²) < 4.78 is 0. The number of likely N-dealkylation sites (N-methyl/N-ethyl adjacent to an activating group) is 1. The third kappa shape index (κ3) is 2.50. The minimum atomic E-state index is -0.418. The van der Waals surface area contributed by atoms with Gasteiger partial charge in [-0.05, 0) is 31.7 Å². The van der Waals surface area contributed by atoms with Crippen molar-refractivity contribution in [1.29, 1.82) is 0 Å². The summed E-state index contributed by atoms with van der Waals surface area (Å²) in [4.78, 5) is 14.8. The summed E-state index contributed by atoms with van der Waals surface area (Å²) in [7, 11) is 0. The minimum absolute atomic E-state index is 0.0286. The molecule has 0 aliphatic heterocycles. The van der Waals surface area contributed by atoms with Crippen molar-refractivity contribution in [3.63, 3.8) is 0 Å². The average Bonchev–Trinajstić information content (AvgIpc) is 3.23. The lowest BCUT2D eigenvalue weighted by Crippen LogP contribution is -2.40. The number of hydrogen-bond acceptors (Lipinski definition) is 2. The van der Waals surface area contributed by atoms with Crippen molar-refractivity contribution in [1.82, 2.24) is 4.90 Å².